The first kappa shape index (κ1) is 16.0. The minimum atomic E-state index is -1.12. The van der Waals surface area contributed by atoms with Crippen LogP contribution < -0.4 is 5.32 Å². The van der Waals surface area contributed by atoms with Gasteiger partial charge in [-0.3, -0.25) is 0 Å². The fourth-order valence-electron chi connectivity index (χ4n) is 1.65. The lowest BCUT2D eigenvalue weighted by Gasteiger charge is -2.22. The number of nitrogens with zero attached hydrogens (tertiary/aromatic N) is 1. The van der Waals surface area contributed by atoms with E-state index >= 15 is 0 Å². The maximum Gasteiger partial charge on any atom is 0.330 e. The quantitative estimate of drug-likeness (QED) is 0.731. The molecule has 20 heavy (non-hydrogen) atoms. The van der Waals surface area contributed by atoms with Crippen molar-refractivity contribution in [3.05, 3.63) is 35.9 Å². The van der Waals surface area contributed by atoms with Gasteiger partial charge in [0, 0.05) is 13.6 Å². The smallest absolute Gasteiger partial charge is 0.330 e. The summed E-state index contributed by atoms with van der Waals surface area (Å²) in [5, 5.41) is 20.8. The molecular weight excluding hydrogens is 260 g/mol. The lowest BCUT2D eigenvalue weighted by molar-refractivity contribution is -0.139. The van der Waals surface area contributed by atoms with Gasteiger partial charge < -0.3 is 20.4 Å². The summed E-state index contributed by atoms with van der Waals surface area (Å²) in [6, 6.07) is 6.94. The van der Waals surface area contributed by atoms with Crippen LogP contribution in [-0.4, -0.2) is 46.8 Å². The van der Waals surface area contributed by atoms with E-state index in [4.69, 9.17) is 0 Å². The second kappa shape index (κ2) is 7.49. The zero-order valence-electron chi connectivity index (χ0n) is 11.6. The Morgan fingerprint density at radius 2 is 1.90 bits per heavy atom. The van der Waals surface area contributed by atoms with Crippen LogP contribution in [0.1, 0.15) is 24.9 Å². The van der Waals surface area contributed by atoms with Gasteiger partial charge in [-0.15, -0.1) is 0 Å². The van der Waals surface area contributed by atoms with Gasteiger partial charge in [0.05, 0.1) is 6.10 Å². The maximum atomic E-state index is 11.9. The topological polar surface area (TPSA) is 89.9 Å². The van der Waals surface area contributed by atoms with Crippen LogP contribution in [0.3, 0.4) is 0 Å². The molecule has 0 spiro atoms. The number of urea groups is 1. The SMILES string of the molecule is CC(O)CCN(C)C(=O)NC(C(=O)O)c1ccccc1. The summed E-state index contributed by atoms with van der Waals surface area (Å²) in [7, 11) is 1.56. The number of hydrogen-bond donors (Lipinski definition) is 3. The number of benzene rings is 1. The predicted octanol–water partition coefficient (Wildman–Crippen LogP) is 1.22. The molecule has 1 aromatic rings. The Hall–Kier alpha value is -2.08. The normalized spacial score (nSPS) is 13.3. The standard InChI is InChI=1S/C14H20N2O4/c1-10(17)8-9-16(2)14(20)15-12(13(18)19)11-6-4-3-5-7-11/h3-7,10,12,17H,8-9H2,1-2H3,(H,15,20)(H,18,19). The number of aliphatic carboxylic acids is 1. The Balaban J connectivity index is 2.67. The third-order valence-electron chi connectivity index (χ3n) is 2.88. The van der Waals surface area contributed by atoms with Gasteiger partial charge in [0.25, 0.3) is 0 Å². The molecule has 6 heteroatoms. The van der Waals surface area contributed by atoms with E-state index in [0.717, 1.165) is 0 Å². The van der Waals surface area contributed by atoms with E-state index in [9.17, 15) is 19.8 Å². The van der Waals surface area contributed by atoms with E-state index in [-0.39, 0.29) is 0 Å². The zero-order chi connectivity index (χ0) is 15.1. The average Bonchev–Trinajstić information content (AvgIpc) is 2.42. The summed E-state index contributed by atoms with van der Waals surface area (Å²) in [5.74, 6) is -1.12. The molecule has 1 rings (SSSR count). The fraction of sp³-hybridized carbons (Fsp3) is 0.429. The summed E-state index contributed by atoms with van der Waals surface area (Å²) in [6.45, 7) is 1.99. The second-order valence-electron chi connectivity index (χ2n) is 4.69. The van der Waals surface area contributed by atoms with Crippen LogP contribution in [0.25, 0.3) is 0 Å². The van der Waals surface area contributed by atoms with Crippen molar-refractivity contribution >= 4 is 12.0 Å². The van der Waals surface area contributed by atoms with Gasteiger partial charge in [0.2, 0.25) is 0 Å². The number of carbonyl (C=O) groups is 2. The van der Waals surface area contributed by atoms with Crippen molar-refractivity contribution in [2.75, 3.05) is 13.6 Å². The van der Waals surface area contributed by atoms with Crippen molar-refractivity contribution in [2.45, 2.75) is 25.5 Å². The number of carboxylic acids is 1. The highest BCUT2D eigenvalue weighted by Crippen LogP contribution is 2.13. The lowest BCUT2D eigenvalue weighted by Crippen LogP contribution is -2.42. The summed E-state index contributed by atoms with van der Waals surface area (Å²) in [6.07, 6.45) is -0.0675. The average molecular weight is 280 g/mol. The van der Waals surface area contributed by atoms with Crippen LogP contribution in [-0.2, 0) is 4.79 Å². The molecule has 0 aromatic heterocycles. The number of carboxylic acid groups (broad SMARTS) is 1. The first-order valence-corrected chi connectivity index (χ1v) is 6.39. The number of amides is 2. The van der Waals surface area contributed by atoms with Crippen LogP contribution in [0.2, 0.25) is 0 Å². The van der Waals surface area contributed by atoms with Crippen molar-refractivity contribution in [3.8, 4) is 0 Å². The predicted molar refractivity (Wildman–Crippen MR) is 74.3 cm³/mol. The Morgan fingerprint density at radius 3 is 2.40 bits per heavy atom. The molecule has 0 radical (unpaired) electrons. The van der Waals surface area contributed by atoms with Crippen molar-refractivity contribution in [2.24, 2.45) is 0 Å². The van der Waals surface area contributed by atoms with Gasteiger partial charge >= 0.3 is 12.0 Å². The van der Waals surface area contributed by atoms with Crippen LogP contribution in [0.5, 0.6) is 0 Å². The molecule has 0 bridgehead atoms. The molecule has 0 saturated heterocycles. The highest BCUT2D eigenvalue weighted by Gasteiger charge is 2.23. The van der Waals surface area contributed by atoms with Gasteiger partial charge in [-0.05, 0) is 18.9 Å². The molecule has 0 heterocycles. The number of rotatable bonds is 6. The Labute approximate surface area is 118 Å². The first-order valence-electron chi connectivity index (χ1n) is 6.39. The molecule has 0 aliphatic carbocycles. The van der Waals surface area contributed by atoms with Gasteiger partial charge in [0.15, 0.2) is 6.04 Å². The summed E-state index contributed by atoms with van der Waals surface area (Å²) >= 11 is 0. The Morgan fingerprint density at radius 1 is 1.30 bits per heavy atom. The van der Waals surface area contributed by atoms with Crippen molar-refractivity contribution in [1.29, 1.82) is 0 Å². The fourth-order valence-corrected chi connectivity index (χ4v) is 1.65. The van der Waals surface area contributed by atoms with Crippen LogP contribution in [0, 0.1) is 0 Å². The molecule has 2 atom stereocenters. The first-order chi connectivity index (χ1) is 9.41. The minimum absolute atomic E-state index is 0.352. The molecule has 2 unspecified atom stereocenters. The van der Waals surface area contributed by atoms with Crippen LogP contribution in [0.15, 0.2) is 30.3 Å². The molecule has 3 N–H and O–H groups in total. The maximum absolute atomic E-state index is 11.9. The second-order valence-corrected chi connectivity index (χ2v) is 4.69. The lowest BCUT2D eigenvalue weighted by atomic mass is 10.1. The van der Waals surface area contributed by atoms with Crippen molar-refractivity contribution < 1.29 is 19.8 Å². The minimum Gasteiger partial charge on any atom is -0.479 e. The summed E-state index contributed by atoms with van der Waals surface area (Å²) in [5.41, 5.74) is 0.511. The Kier molecular flexibility index (Phi) is 5.99. The Bertz CT molecular complexity index is 448. The molecule has 0 fully saturated rings. The van der Waals surface area contributed by atoms with E-state index < -0.39 is 24.1 Å². The number of aliphatic hydroxyl groups is 1. The van der Waals surface area contributed by atoms with E-state index in [1.807, 2.05) is 0 Å². The van der Waals surface area contributed by atoms with Crippen molar-refractivity contribution in [1.82, 2.24) is 10.2 Å². The number of nitrogens with one attached hydrogen (secondary N) is 1. The van der Waals surface area contributed by atoms with E-state index in [2.05, 4.69) is 5.32 Å². The number of hydrogen-bond acceptors (Lipinski definition) is 3. The summed E-state index contributed by atoms with van der Waals surface area (Å²) in [4.78, 5) is 24.5. The van der Waals surface area contributed by atoms with Gasteiger partial charge in [-0.25, -0.2) is 9.59 Å². The number of carbonyl (C=O) groups excluding carboxylic acids is 1. The van der Waals surface area contributed by atoms with Crippen molar-refractivity contribution in [3.63, 3.8) is 0 Å². The molecule has 0 saturated carbocycles. The van der Waals surface area contributed by atoms with Crippen LogP contribution >= 0.6 is 0 Å². The van der Waals surface area contributed by atoms with Gasteiger partial charge in [-0.1, -0.05) is 30.3 Å². The highest BCUT2D eigenvalue weighted by molar-refractivity contribution is 5.83. The largest absolute Gasteiger partial charge is 0.479 e. The molecule has 0 aliphatic rings. The summed E-state index contributed by atoms with van der Waals surface area (Å²) < 4.78 is 0. The number of aliphatic hydroxyl groups excluding tert-OH is 1. The van der Waals surface area contributed by atoms with E-state index in [0.29, 0.717) is 18.5 Å². The van der Waals surface area contributed by atoms with Gasteiger partial charge in [0.1, 0.15) is 0 Å². The van der Waals surface area contributed by atoms with Gasteiger partial charge in [-0.2, -0.15) is 0 Å². The molecule has 6 nitrogen and oxygen atoms in total. The molecule has 1 aromatic carbocycles. The molecule has 110 valence electrons. The molecule has 2 amide bonds. The zero-order valence-corrected chi connectivity index (χ0v) is 11.6. The van der Waals surface area contributed by atoms with Crippen LogP contribution in [0.4, 0.5) is 4.79 Å². The van der Waals surface area contributed by atoms with E-state index in [1.165, 1.54) is 4.90 Å². The monoisotopic (exact) mass is 280 g/mol. The highest BCUT2D eigenvalue weighted by atomic mass is 16.4. The van der Waals surface area contributed by atoms with E-state index in [1.54, 1.807) is 44.3 Å². The third-order valence-corrected chi connectivity index (χ3v) is 2.88. The third kappa shape index (κ3) is 4.89. The molecular formula is C14H20N2O4. The molecule has 0 aliphatic heterocycles.